The van der Waals surface area contributed by atoms with Gasteiger partial charge in [-0.05, 0) is 41.7 Å². The summed E-state index contributed by atoms with van der Waals surface area (Å²) in [6, 6.07) is 6.29. The molecule has 0 fully saturated rings. The van der Waals surface area contributed by atoms with Gasteiger partial charge in [0.2, 0.25) is 0 Å². The van der Waals surface area contributed by atoms with Crippen molar-refractivity contribution in [1.82, 2.24) is 4.98 Å². The lowest BCUT2D eigenvalue weighted by Gasteiger charge is -2.37. The first-order valence-electron chi connectivity index (χ1n) is 7.06. The van der Waals surface area contributed by atoms with Crippen LogP contribution < -0.4 is 5.32 Å². The average molecular weight is 284 g/mol. The normalized spacial score (nSPS) is 26.1. The summed E-state index contributed by atoms with van der Waals surface area (Å²) >= 11 is 0. The van der Waals surface area contributed by atoms with Crippen LogP contribution in [0.2, 0.25) is 0 Å². The minimum absolute atomic E-state index is 0.0143. The topological polar surface area (TPSA) is 24.9 Å². The summed E-state index contributed by atoms with van der Waals surface area (Å²) in [7, 11) is 0. The van der Waals surface area contributed by atoms with Gasteiger partial charge in [-0.1, -0.05) is 12.2 Å². The minimum atomic E-state index is -0.525. The van der Waals surface area contributed by atoms with Crippen LogP contribution in [0.5, 0.6) is 0 Å². The first-order chi connectivity index (χ1) is 10.2. The maximum atomic E-state index is 14.1. The van der Waals surface area contributed by atoms with Crippen molar-refractivity contribution in [2.75, 3.05) is 5.32 Å². The molecule has 0 spiro atoms. The number of nitrogens with one attached hydrogen (secondary N) is 1. The second-order valence-electron chi connectivity index (χ2n) is 5.61. The average Bonchev–Trinajstić information content (AvgIpc) is 2.97. The van der Waals surface area contributed by atoms with Gasteiger partial charge in [0.05, 0.1) is 11.7 Å². The van der Waals surface area contributed by atoms with Crippen LogP contribution in [-0.2, 0) is 0 Å². The van der Waals surface area contributed by atoms with Crippen LogP contribution in [-0.4, -0.2) is 4.98 Å². The molecule has 1 aliphatic heterocycles. The smallest absolute Gasteiger partial charge is 0.149 e. The number of allylic oxidation sites excluding steroid dienone is 2. The van der Waals surface area contributed by atoms with E-state index in [4.69, 9.17) is 0 Å². The number of rotatable bonds is 1. The molecule has 2 nitrogen and oxygen atoms in total. The van der Waals surface area contributed by atoms with Crippen molar-refractivity contribution in [1.29, 1.82) is 0 Å². The molecule has 0 saturated heterocycles. The van der Waals surface area contributed by atoms with Gasteiger partial charge in [-0.15, -0.1) is 0 Å². The van der Waals surface area contributed by atoms with E-state index in [9.17, 15) is 8.78 Å². The van der Waals surface area contributed by atoms with Gasteiger partial charge in [0.25, 0.3) is 0 Å². The number of benzene rings is 1. The molecule has 1 aliphatic carbocycles. The fraction of sp³-hybridized carbons (Fsp3) is 0.235. The molecule has 2 aliphatic rings. The summed E-state index contributed by atoms with van der Waals surface area (Å²) in [5, 5.41) is 3.27. The highest BCUT2D eigenvalue weighted by molar-refractivity contribution is 5.60. The molecule has 0 amide bonds. The summed E-state index contributed by atoms with van der Waals surface area (Å²) in [5.74, 6) is -0.706. The van der Waals surface area contributed by atoms with E-state index in [0.717, 1.165) is 23.6 Å². The summed E-state index contributed by atoms with van der Waals surface area (Å²) in [5.41, 5.74) is 2.22. The lowest BCUT2D eigenvalue weighted by molar-refractivity contribution is 0.418. The number of nitrogens with zero attached hydrogens (tertiary/aromatic N) is 1. The van der Waals surface area contributed by atoms with Gasteiger partial charge in [0.1, 0.15) is 11.6 Å². The highest BCUT2D eigenvalue weighted by atomic mass is 19.1. The molecule has 3 atom stereocenters. The Morgan fingerprint density at radius 3 is 2.76 bits per heavy atom. The van der Waals surface area contributed by atoms with Gasteiger partial charge in [-0.2, -0.15) is 0 Å². The molecule has 1 aromatic heterocycles. The lowest BCUT2D eigenvalue weighted by atomic mass is 9.77. The Morgan fingerprint density at radius 2 is 1.95 bits per heavy atom. The number of aromatic nitrogens is 1. The maximum absolute atomic E-state index is 14.1. The van der Waals surface area contributed by atoms with Crippen molar-refractivity contribution in [2.24, 2.45) is 5.92 Å². The molecule has 2 aromatic rings. The third-order valence-electron chi connectivity index (χ3n) is 4.45. The van der Waals surface area contributed by atoms with E-state index in [2.05, 4.69) is 22.5 Å². The van der Waals surface area contributed by atoms with Crippen molar-refractivity contribution >= 4 is 5.69 Å². The van der Waals surface area contributed by atoms with Crippen LogP contribution >= 0.6 is 0 Å². The Bertz CT molecular complexity index is 712. The molecule has 0 bridgehead atoms. The van der Waals surface area contributed by atoms with Crippen molar-refractivity contribution in [2.45, 2.75) is 18.4 Å². The van der Waals surface area contributed by atoms with Crippen LogP contribution in [0, 0.1) is 17.6 Å². The van der Waals surface area contributed by atoms with Gasteiger partial charge in [-0.25, -0.2) is 8.78 Å². The largest absolute Gasteiger partial charge is 0.375 e. The number of anilines is 1. The zero-order chi connectivity index (χ0) is 14.4. The van der Waals surface area contributed by atoms with Crippen molar-refractivity contribution in [3.63, 3.8) is 0 Å². The number of pyridine rings is 1. The Kier molecular flexibility index (Phi) is 2.77. The fourth-order valence-electron chi connectivity index (χ4n) is 3.52. The number of hydrogen-bond acceptors (Lipinski definition) is 2. The number of hydrogen-bond donors (Lipinski definition) is 1. The van der Waals surface area contributed by atoms with Crippen LogP contribution in [0.15, 0.2) is 48.8 Å². The molecule has 1 aromatic carbocycles. The third kappa shape index (κ3) is 1.94. The summed E-state index contributed by atoms with van der Waals surface area (Å²) in [6.07, 6.45) is 8.55. The predicted octanol–water partition coefficient (Wildman–Crippen LogP) is 4.19. The first-order valence-corrected chi connectivity index (χ1v) is 7.06. The molecule has 4 heteroatoms. The van der Waals surface area contributed by atoms with E-state index in [0.29, 0.717) is 5.69 Å². The van der Waals surface area contributed by atoms with Gasteiger partial charge >= 0.3 is 0 Å². The van der Waals surface area contributed by atoms with E-state index in [-0.39, 0.29) is 17.9 Å². The zero-order valence-electron chi connectivity index (χ0n) is 11.3. The zero-order valence-corrected chi connectivity index (χ0v) is 11.3. The van der Waals surface area contributed by atoms with Gasteiger partial charge in [-0.3, -0.25) is 4.98 Å². The highest BCUT2D eigenvalue weighted by Crippen LogP contribution is 2.50. The lowest BCUT2D eigenvalue weighted by Crippen LogP contribution is -2.29. The van der Waals surface area contributed by atoms with E-state index in [1.165, 1.54) is 6.07 Å². The van der Waals surface area contributed by atoms with Gasteiger partial charge < -0.3 is 5.32 Å². The van der Waals surface area contributed by atoms with E-state index >= 15 is 0 Å². The summed E-state index contributed by atoms with van der Waals surface area (Å²) in [4.78, 5) is 4.03. The molecule has 2 heterocycles. The van der Waals surface area contributed by atoms with Crippen molar-refractivity contribution in [3.05, 3.63) is 71.6 Å². The van der Waals surface area contributed by atoms with Crippen molar-refractivity contribution in [3.8, 4) is 0 Å². The second-order valence-corrected chi connectivity index (χ2v) is 5.61. The van der Waals surface area contributed by atoms with Crippen molar-refractivity contribution < 1.29 is 8.78 Å². The van der Waals surface area contributed by atoms with Crippen LogP contribution in [0.4, 0.5) is 14.5 Å². The van der Waals surface area contributed by atoms with E-state index in [1.54, 1.807) is 12.4 Å². The molecule has 0 saturated carbocycles. The quantitative estimate of drug-likeness (QED) is 0.794. The molecule has 4 rings (SSSR count). The summed E-state index contributed by atoms with van der Waals surface area (Å²) < 4.78 is 27.7. The Hall–Kier alpha value is -2.23. The highest BCUT2D eigenvalue weighted by Gasteiger charge is 2.39. The molecule has 0 radical (unpaired) electrons. The first kappa shape index (κ1) is 12.5. The summed E-state index contributed by atoms with van der Waals surface area (Å²) in [6.45, 7) is 0. The monoisotopic (exact) mass is 284 g/mol. The SMILES string of the molecule is Fc1cc(F)c2c(c1)[C@H]1C=CC[C@H]1[C@H](c1ccncc1)N2. The molecule has 21 heavy (non-hydrogen) atoms. The van der Waals surface area contributed by atoms with E-state index < -0.39 is 11.6 Å². The molecular formula is C17H14F2N2. The Morgan fingerprint density at radius 1 is 1.14 bits per heavy atom. The van der Waals surface area contributed by atoms with Crippen LogP contribution in [0.3, 0.4) is 0 Å². The maximum Gasteiger partial charge on any atom is 0.149 e. The standard InChI is InChI=1S/C17H14F2N2/c18-11-8-14-12-2-1-3-13(12)16(10-4-6-20-7-5-10)21-17(14)15(19)9-11/h1-2,4-9,12-13,16,21H,3H2/t12-,13+,16-/m0/s1. The van der Waals surface area contributed by atoms with E-state index in [1.807, 2.05) is 12.1 Å². The Labute approximate surface area is 121 Å². The van der Waals surface area contributed by atoms with Crippen LogP contribution in [0.25, 0.3) is 0 Å². The Balaban J connectivity index is 1.84. The van der Waals surface area contributed by atoms with Gasteiger partial charge in [0.15, 0.2) is 0 Å². The minimum Gasteiger partial charge on any atom is -0.375 e. The molecule has 1 N–H and O–H groups in total. The molecule has 0 unspecified atom stereocenters. The number of halogens is 2. The molecule has 106 valence electrons. The van der Waals surface area contributed by atoms with Gasteiger partial charge in [0, 0.05) is 24.4 Å². The molecular weight excluding hydrogens is 270 g/mol. The number of fused-ring (bicyclic) bond motifs is 3. The fourth-order valence-corrected chi connectivity index (χ4v) is 3.52. The second kappa shape index (κ2) is 4.65. The van der Waals surface area contributed by atoms with Crippen LogP contribution in [0.1, 0.15) is 29.5 Å². The third-order valence-corrected chi connectivity index (χ3v) is 4.45. The predicted molar refractivity (Wildman–Crippen MR) is 76.9 cm³/mol.